The Kier molecular flexibility index (Phi) is 4.62. The molecule has 1 unspecified atom stereocenters. The molecule has 0 aromatic rings. The van der Waals surface area contributed by atoms with Crippen LogP contribution in [0.1, 0.15) is 45.4 Å². The maximum Gasteiger partial charge on any atom is 0.0707 e. The first-order valence-electron chi connectivity index (χ1n) is 5.16. The highest BCUT2D eigenvalue weighted by molar-refractivity contribution is 4.69. The van der Waals surface area contributed by atoms with E-state index in [9.17, 15) is 0 Å². The van der Waals surface area contributed by atoms with Gasteiger partial charge in [0.2, 0.25) is 0 Å². The third kappa shape index (κ3) is 3.11. The smallest absolute Gasteiger partial charge is 0.0707 e. The number of rotatable bonds is 3. The average molecular weight is 171 g/mol. The molecule has 0 aliphatic heterocycles. The standard InChI is InChI=1S/C10H21NO/c1-9(8-12-11)10-6-4-2-3-5-7-10/h9-10H,2-8,11H2,1H3. The third-order valence-electron chi connectivity index (χ3n) is 3.06. The first kappa shape index (κ1) is 10.0. The molecular weight excluding hydrogens is 150 g/mol. The second-order valence-corrected chi connectivity index (χ2v) is 4.06. The van der Waals surface area contributed by atoms with Gasteiger partial charge in [0.05, 0.1) is 6.61 Å². The summed E-state index contributed by atoms with van der Waals surface area (Å²) in [4.78, 5) is 4.70. The molecule has 2 heteroatoms. The summed E-state index contributed by atoms with van der Waals surface area (Å²) in [6.07, 6.45) is 8.41. The Hall–Kier alpha value is -0.0800. The summed E-state index contributed by atoms with van der Waals surface area (Å²) in [5.74, 6) is 6.58. The summed E-state index contributed by atoms with van der Waals surface area (Å²) in [6.45, 7) is 2.98. The van der Waals surface area contributed by atoms with E-state index in [1.54, 1.807) is 0 Å². The molecule has 2 N–H and O–H groups in total. The molecule has 0 spiro atoms. The van der Waals surface area contributed by atoms with Crippen molar-refractivity contribution >= 4 is 0 Å². The second kappa shape index (κ2) is 5.55. The first-order valence-corrected chi connectivity index (χ1v) is 5.16. The molecule has 0 heterocycles. The minimum Gasteiger partial charge on any atom is -0.304 e. The van der Waals surface area contributed by atoms with Crippen molar-refractivity contribution in [3.05, 3.63) is 0 Å². The highest BCUT2D eigenvalue weighted by Gasteiger charge is 2.18. The van der Waals surface area contributed by atoms with E-state index in [0.29, 0.717) is 5.92 Å². The maximum absolute atomic E-state index is 5.08. The normalized spacial score (nSPS) is 23.5. The SMILES string of the molecule is CC(CON)C1CCCCCC1. The maximum atomic E-state index is 5.08. The van der Waals surface area contributed by atoms with E-state index in [1.807, 2.05) is 0 Å². The molecule has 0 aromatic heterocycles. The first-order chi connectivity index (χ1) is 5.84. The van der Waals surface area contributed by atoms with Gasteiger partial charge in [0.25, 0.3) is 0 Å². The summed E-state index contributed by atoms with van der Waals surface area (Å²) in [6, 6.07) is 0. The van der Waals surface area contributed by atoms with E-state index in [2.05, 4.69) is 6.92 Å². The van der Waals surface area contributed by atoms with Crippen LogP contribution in [0.4, 0.5) is 0 Å². The zero-order valence-corrected chi connectivity index (χ0v) is 8.09. The third-order valence-corrected chi connectivity index (χ3v) is 3.06. The van der Waals surface area contributed by atoms with E-state index >= 15 is 0 Å². The van der Waals surface area contributed by atoms with Crippen LogP contribution in [0, 0.1) is 11.8 Å². The van der Waals surface area contributed by atoms with Gasteiger partial charge in [-0.1, -0.05) is 45.4 Å². The fourth-order valence-corrected chi connectivity index (χ4v) is 2.17. The Morgan fingerprint density at radius 3 is 2.33 bits per heavy atom. The lowest BCUT2D eigenvalue weighted by atomic mass is 9.88. The highest BCUT2D eigenvalue weighted by Crippen LogP contribution is 2.28. The monoisotopic (exact) mass is 171 g/mol. The van der Waals surface area contributed by atoms with Crippen LogP contribution in [0.15, 0.2) is 0 Å². The molecule has 1 saturated carbocycles. The topological polar surface area (TPSA) is 35.2 Å². The van der Waals surface area contributed by atoms with Gasteiger partial charge in [-0.3, -0.25) is 0 Å². The van der Waals surface area contributed by atoms with Gasteiger partial charge in [0.15, 0.2) is 0 Å². The molecule has 0 amide bonds. The minimum atomic E-state index is 0.646. The van der Waals surface area contributed by atoms with Crippen molar-refractivity contribution in [2.24, 2.45) is 17.7 Å². The lowest BCUT2D eigenvalue weighted by Gasteiger charge is -2.20. The highest BCUT2D eigenvalue weighted by atomic mass is 16.6. The fourth-order valence-electron chi connectivity index (χ4n) is 2.17. The van der Waals surface area contributed by atoms with Crippen molar-refractivity contribution in [1.29, 1.82) is 0 Å². The predicted octanol–water partition coefficient (Wildman–Crippen LogP) is 2.48. The van der Waals surface area contributed by atoms with Crippen LogP contribution >= 0.6 is 0 Å². The summed E-state index contributed by atoms with van der Waals surface area (Å²) in [5.41, 5.74) is 0. The molecule has 1 aliphatic rings. The number of hydrogen-bond donors (Lipinski definition) is 1. The van der Waals surface area contributed by atoms with Crippen LogP contribution in [0.2, 0.25) is 0 Å². The van der Waals surface area contributed by atoms with E-state index in [4.69, 9.17) is 10.7 Å². The lowest BCUT2D eigenvalue weighted by Crippen LogP contribution is -2.18. The van der Waals surface area contributed by atoms with Gasteiger partial charge in [-0.15, -0.1) is 0 Å². The van der Waals surface area contributed by atoms with Gasteiger partial charge in [-0.05, 0) is 11.8 Å². The van der Waals surface area contributed by atoms with Crippen LogP contribution in [0.5, 0.6) is 0 Å². The Bertz CT molecular complexity index is 108. The van der Waals surface area contributed by atoms with Gasteiger partial charge < -0.3 is 4.84 Å². The van der Waals surface area contributed by atoms with Crippen molar-refractivity contribution in [2.45, 2.75) is 45.4 Å². The lowest BCUT2D eigenvalue weighted by molar-refractivity contribution is 0.0810. The Labute approximate surface area is 75.4 Å². The van der Waals surface area contributed by atoms with Gasteiger partial charge >= 0.3 is 0 Å². The van der Waals surface area contributed by atoms with Crippen molar-refractivity contribution in [2.75, 3.05) is 6.61 Å². The molecule has 12 heavy (non-hydrogen) atoms. The fraction of sp³-hybridized carbons (Fsp3) is 1.00. The van der Waals surface area contributed by atoms with Crippen LogP contribution in [0.3, 0.4) is 0 Å². The summed E-state index contributed by atoms with van der Waals surface area (Å²) in [7, 11) is 0. The Morgan fingerprint density at radius 2 is 1.83 bits per heavy atom. The number of nitrogens with two attached hydrogens (primary N) is 1. The molecule has 1 atom stereocenters. The largest absolute Gasteiger partial charge is 0.304 e. The molecule has 1 aliphatic carbocycles. The van der Waals surface area contributed by atoms with E-state index in [1.165, 1.54) is 38.5 Å². The van der Waals surface area contributed by atoms with Crippen molar-refractivity contribution in [1.82, 2.24) is 0 Å². The quantitative estimate of drug-likeness (QED) is 0.523. The van der Waals surface area contributed by atoms with E-state index in [0.717, 1.165) is 12.5 Å². The zero-order chi connectivity index (χ0) is 8.81. The molecule has 0 aromatic carbocycles. The average Bonchev–Trinajstić information content (AvgIpc) is 2.32. The van der Waals surface area contributed by atoms with Crippen molar-refractivity contribution in [3.63, 3.8) is 0 Å². The summed E-state index contributed by atoms with van der Waals surface area (Å²) >= 11 is 0. The predicted molar refractivity (Wildman–Crippen MR) is 50.5 cm³/mol. The molecule has 0 bridgehead atoms. The van der Waals surface area contributed by atoms with Crippen LogP contribution in [-0.2, 0) is 4.84 Å². The van der Waals surface area contributed by atoms with Crippen LogP contribution in [0.25, 0.3) is 0 Å². The van der Waals surface area contributed by atoms with Crippen LogP contribution < -0.4 is 5.90 Å². The molecule has 2 nitrogen and oxygen atoms in total. The van der Waals surface area contributed by atoms with E-state index < -0.39 is 0 Å². The second-order valence-electron chi connectivity index (χ2n) is 4.06. The molecule has 0 radical (unpaired) electrons. The van der Waals surface area contributed by atoms with Gasteiger partial charge in [-0.25, -0.2) is 5.90 Å². The zero-order valence-electron chi connectivity index (χ0n) is 8.09. The Morgan fingerprint density at radius 1 is 1.25 bits per heavy atom. The summed E-state index contributed by atoms with van der Waals surface area (Å²) in [5, 5.41) is 0. The number of hydrogen-bond acceptors (Lipinski definition) is 2. The van der Waals surface area contributed by atoms with Crippen LogP contribution in [-0.4, -0.2) is 6.61 Å². The molecule has 72 valence electrons. The molecule has 1 fully saturated rings. The van der Waals surface area contributed by atoms with Crippen molar-refractivity contribution in [3.8, 4) is 0 Å². The Balaban J connectivity index is 2.27. The molecule has 0 saturated heterocycles. The van der Waals surface area contributed by atoms with E-state index in [-0.39, 0.29) is 0 Å². The molecule has 1 rings (SSSR count). The molecular formula is C10H21NO. The minimum absolute atomic E-state index is 0.646. The van der Waals surface area contributed by atoms with Gasteiger partial charge in [-0.2, -0.15) is 0 Å². The van der Waals surface area contributed by atoms with Gasteiger partial charge in [0.1, 0.15) is 0 Å². The van der Waals surface area contributed by atoms with Crippen molar-refractivity contribution < 1.29 is 4.84 Å². The van der Waals surface area contributed by atoms with Gasteiger partial charge in [0, 0.05) is 0 Å². The summed E-state index contributed by atoms with van der Waals surface area (Å²) < 4.78 is 0.